The molecule has 0 bridgehead atoms. The quantitative estimate of drug-likeness (QED) is 0.782. The van der Waals surface area contributed by atoms with Gasteiger partial charge in [0.15, 0.2) is 6.10 Å². The summed E-state index contributed by atoms with van der Waals surface area (Å²) in [7, 11) is 0. The predicted octanol–water partition coefficient (Wildman–Crippen LogP) is 4.04. The van der Waals surface area contributed by atoms with Crippen molar-refractivity contribution >= 4 is 16.7 Å². The van der Waals surface area contributed by atoms with Gasteiger partial charge in [-0.05, 0) is 29.8 Å². The molecule has 2 nitrogen and oxygen atoms in total. The molecule has 0 aliphatic carbocycles. The zero-order valence-corrected chi connectivity index (χ0v) is 10.7. The Morgan fingerprint density at radius 2 is 1.79 bits per heavy atom. The normalized spacial score (nSPS) is 13.3. The third kappa shape index (κ3) is 3.08. The predicted molar refractivity (Wildman–Crippen MR) is 69.4 cm³/mol. The number of fused-ring (bicyclic) bond motifs is 1. The SMILES string of the molecule is CC(OC(=O)c1ccc2ccccc2c1)C(C)(F)F. The number of rotatable bonds is 3. The van der Waals surface area contributed by atoms with Crippen LogP contribution in [0.25, 0.3) is 10.8 Å². The van der Waals surface area contributed by atoms with Crippen LogP contribution in [0, 0.1) is 0 Å². The Morgan fingerprint density at radius 3 is 2.42 bits per heavy atom. The number of carbonyl (C=O) groups is 1. The first-order chi connectivity index (χ1) is 8.88. The van der Waals surface area contributed by atoms with Crippen molar-refractivity contribution in [2.24, 2.45) is 0 Å². The van der Waals surface area contributed by atoms with E-state index in [1.165, 1.54) is 6.92 Å². The molecule has 0 heterocycles. The van der Waals surface area contributed by atoms with E-state index in [0.717, 1.165) is 17.7 Å². The molecule has 0 aliphatic rings. The van der Waals surface area contributed by atoms with Gasteiger partial charge in [0.25, 0.3) is 5.92 Å². The van der Waals surface area contributed by atoms with Crippen molar-refractivity contribution in [3.8, 4) is 0 Å². The number of hydrogen-bond donors (Lipinski definition) is 0. The van der Waals surface area contributed by atoms with E-state index in [-0.39, 0.29) is 5.56 Å². The number of benzene rings is 2. The highest BCUT2D eigenvalue weighted by Crippen LogP contribution is 2.22. The molecule has 0 saturated carbocycles. The van der Waals surface area contributed by atoms with Gasteiger partial charge in [-0.25, -0.2) is 13.6 Å². The van der Waals surface area contributed by atoms with Gasteiger partial charge in [0.1, 0.15) is 0 Å². The molecule has 19 heavy (non-hydrogen) atoms. The first-order valence-electron chi connectivity index (χ1n) is 5.95. The van der Waals surface area contributed by atoms with Crippen molar-refractivity contribution < 1.29 is 18.3 Å². The zero-order valence-electron chi connectivity index (χ0n) is 10.7. The number of ether oxygens (including phenoxy) is 1. The average Bonchev–Trinajstić information content (AvgIpc) is 2.37. The smallest absolute Gasteiger partial charge is 0.338 e. The van der Waals surface area contributed by atoms with Crippen LogP contribution in [0.15, 0.2) is 42.5 Å². The van der Waals surface area contributed by atoms with Crippen molar-refractivity contribution in [1.82, 2.24) is 0 Å². The molecular formula is C15H14F2O2. The maximum atomic E-state index is 13.0. The molecule has 0 saturated heterocycles. The fourth-order valence-corrected chi connectivity index (χ4v) is 1.65. The maximum absolute atomic E-state index is 13.0. The Bertz CT molecular complexity index is 602. The van der Waals surface area contributed by atoms with Gasteiger partial charge in [-0.1, -0.05) is 30.3 Å². The topological polar surface area (TPSA) is 26.3 Å². The van der Waals surface area contributed by atoms with E-state index in [1.807, 2.05) is 24.3 Å². The van der Waals surface area contributed by atoms with Crippen LogP contribution >= 0.6 is 0 Å². The van der Waals surface area contributed by atoms with E-state index in [9.17, 15) is 13.6 Å². The van der Waals surface area contributed by atoms with Crippen molar-refractivity contribution in [2.75, 3.05) is 0 Å². The van der Waals surface area contributed by atoms with Crippen molar-refractivity contribution in [3.63, 3.8) is 0 Å². The van der Waals surface area contributed by atoms with E-state index >= 15 is 0 Å². The molecule has 0 N–H and O–H groups in total. The number of halogens is 2. The minimum Gasteiger partial charge on any atom is -0.453 e. The maximum Gasteiger partial charge on any atom is 0.338 e. The minimum absolute atomic E-state index is 0.273. The molecule has 2 aromatic carbocycles. The van der Waals surface area contributed by atoms with Crippen LogP contribution in [0.2, 0.25) is 0 Å². The molecule has 4 heteroatoms. The summed E-state index contributed by atoms with van der Waals surface area (Å²) in [5.41, 5.74) is 0.273. The average molecular weight is 264 g/mol. The lowest BCUT2D eigenvalue weighted by molar-refractivity contribution is -0.0934. The van der Waals surface area contributed by atoms with Gasteiger partial charge in [-0.15, -0.1) is 0 Å². The second-order valence-corrected chi connectivity index (χ2v) is 4.57. The second-order valence-electron chi connectivity index (χ2n) is 4.57. The summed E-state index contributed by atoms with van der Waals surface area (Å²) in [6.07, 6.45) is -1.45. The molecule has 0 fully saturated rings. The van der Waals surface area contributed by atoms with Gasteiger partial charge < -0.3 is 4.74 Å². The van der Waals surface area contributed by atoms with Crippen molar-refractivity contribution in [3.05, 3.63) is 48.0 Å². The summed E-state index contributed by atoms with van der Waals surface area (Å²) in [6.45, 7) is 1.91. The number of alkyl halides is 2. The van der Waals surface area contributed by atoms with Gasteiger partial charge in [0.05, 0.1) is 5.56 Å². The lowest BCUT2D eigenvalue weighted by Crippen LogP contribution is -2.32. The largest absolute Gasteiger partial charge is 0.453 e. The Balaban J connectivity index is 2.22. The van der Waals surface area contributed by atoms with E-state index in [4.69, 9.17) is 4.74 Å². The fourth-order valence-electron chi connectivity index (χ4n) is 1.65. The lowest BCUT2D eigenvalue weighted by Gasteiger charge is -2.19. The monoisotopic (exact) mass is 264 g/mol. The Kier molecular flexibility index (Phi) is 3.51. The molecule has 0 spiro atoms. The zero-order chi connectivity index (χ0) is 14.0. The van der Waals surface area contributed by atoms with Crippen LogP contribution in [0.5, 0.6) is 0 Å². The summed E-state index contributed by atoms with van der Waals surface area (Å²) < 4.78 is 30.7. The molecule has 1 unspecified atom stereocenters. The molecule has 0 amide bonds. The Labute approximate surface area is 110 Å². The Morgan fingerprint density at radius 1 is 1.16 bits per heavy atom. The summed E-state index contributed by atoms with van der Waals surface area (Å²) in [4.78, 5) is 11.8. The molecule has 0 aliphatic heterocycles. The molecule has 100 valence electrons. The van der Waals surface area contributed by atoms with Crippen LogP contribution in [0.3, 0.4) is 0 Å². The minimum atomic E-state index is -3.05. The fraction of sp³-hybridized carbons (Fsp3) is 0.267. The number of esters is 1. The van der Waals surface area contributed by atoms with Crippen LogP contribution in [-0.2, 0) is 4.74 Å². The molecule has 0 radical (unpaired) electrons. The van der Waals surface area contributed by atoms with Crippen molar-refractivity contribution in [1.29, 1.82) is 0 Å². The highest BCUT2D eigenvalue weighted by molar-refractivity contribution is 5.95. The van der Waals surface area contributed by atoms with E-state index in [1.54, 1.807) is 18.2 Å². The summed E-state index contributed by atoms with van der Waals surface area (Å²) in [5, 5.41) is 1.85. The molecule has 2 rings (SSSR count). The van der Waals surface area contributed by atoms with E-state index < -0.39 is 18.0 Å². The first-order valence-corrected chi connectivity index (χ1v) is 5.95. The van der Waals surface area contributed by atoms with E-state index in [0.29, 0.717) is 0 Å². The van der Waals surface area contributed by atoms with Gasteiger partial charge in [-0.2, -0.15) is 0 Å². The number of hydrogen-bond acceptors (Lipinski definition) is 2. The summed E-state index contributed by atoms with van der Waals surface area (Å²) >= 11 is 0. The lowest BCUT2D eigenvalue weighted by atomic mass is 10.1. The summed E-state index contributed by atoms with van der Waals surface area (Å²) in [6, 6.07) is 12.5. The molecule has 1 atom stereocenters. The van der Waals surface area contributed by atoms with Gasteiger partial charge >= 0.3 is 5.97 Å². The highest BCUT2D eigenvalue weighted by atomic mass is 19.3. The third-order valence-electron chi connectivity index (χ3n) is 2.98. The Hall–Kier alpha value is -1.97. The van der Waals surface area contributed by atoms with Crippen molar-refractivity contribution in [2.45, 2.75) is 25.9 Å². The molecule has 2 aromatic rings. The summed E-state index contributed by atoms with van der Waals surface area (Å²) in [5.74, 6) is -3.79. The highest BCUT2D eigenvalue weighted by Gasteiger charge is 2.33. The van der Waals surface area contributed by atoms with Gasteiger partial charge in [-0.3, -0.25) is 0 Å². The van der Waals surface area contributed by atoms with Gasteiger partial charge in [0, 0.05) is 6.92 Å². The number of carbonyl (C=O) groups excluding carboxylic acids is 1. The third-order valence-corrected chi connectivity index (χ3v) is 2.98. The molecular weight excluding hydrogens is 250 g/mol. The standard InChI is InChI=1S/C15H14F2O2/c1-10(15(2,16)17)19-14(18)13-8-7-11-5-3-4-6-12(11)9-13/h3-10H,1-2H3. The van der Waals surface area contributed by atoms with Gasteiger partial charge in [0.2, 0.25) is 0 Å². The second kappa shape index (κ2) is 4.96. The van der Waals surface area contributed by atoms with Crippen LogP contribution < -0.4 is 0 Å². The first kappa shape index (κ1) is 13.5. The van der Waals surface area contributed by atoms with Crippen LogP contribution in [0.1, 0.15) is 24.2 Å². The van der Waals surface area contributed by atoms with Crippen LogP contribution in [0.4, 0.5) is 8.78 Å². The van der Waals surface area contributed by atoms with E-state index in [2.05, 4.69) is 0 Å². The molecule has 0 aromatic heterocycles. The van der Waals surface area contributed by atoms with Crippen LogP contribution in [-0.4, -0.2) is 18.0 Å².